The SMILES string of the molecule is Cc1ccc(NC(=O)C2CC(=O)N(c3ccccc3C#N)C2)cc1. The average molecular weight is 319 g/mol. The Morgan fingerprint density at radius 3 is 2.62 bits per heavy atom. The summed E-state index contributed by atoms with van der Waals surface area (Å²) in [5.41, 5.74) is 2.83. The summed E-state index contributed by atoms with van der Waals surface area (Å²) in [4.78, 5) is 26.2. The van der Waals surface area contributed by atoms with Crippen molar-refractivity contribution in [2.75, 3.05) is 16.8 Å². The highest BCUT2D eigenvalue weighted by Crippen LogP contribution is 2.28. The minimum atomic E-state index is -0.425. The van der Waals surface area contributed by atoms with Gasteiger partial charge in [0.15, 0.2) is 0 Å². The lowest BCUT2D eigenvalue weighted by atomic mass is 10.1. The Morgan fingerprint density at radius 2 is 1.92 bits per heavy atom. The van der Waals surface area contributed by atoms with E-state index in [2.05, 4.69) is 11.4 Å². The zero-order chi connectivity index (χ0) is 17.1. The molecule has 2 aromatic rings. The van der Waals surface area contributed by atoms with Crippen molar-refractivity contribution in [1.82, 2.24) is 0 Å². The maximum Gasteiger partial charge on any atom is 0.229 e. The number of hydrogen-bond acceptors (Lipinski definition) is 3. The molecule has 120 valence electrons. The topological polar surface area (TPSA) is 73.2 Å². The van der Waals surface area contributed by atoms with E-state index < -0.39 is 5.92 Å². The van der Waals surface area contributed by atoms with Crippen LogP contribution < -0.4 is 10.2 Å². The monoisotopic (exact) mass is 319 g/mol. The minimum absolute atomic E-state index is 0.137. The summed E-state index contributed by atoms with van der Waals surface area (Å²) >= 11 is 0. The Kier molecular flexibility index (Phi) is 4.30. The molecule has 1 unspecified atom stereocenters. The standard InChI is InChI=1S/C19H17N3O2/c1-13-6-8-16(9-7-13)21-19(24)15-10-18(23)22(12-15)17-5-3-2-4-14(17)11-20/h2-9,15H,10,12H2,1H3,(H,21,24). The lowest BCUT2D eigenvalue weighted by Gasteiger charge is -2.18. The third kappa shape index (κ3) is 3.13. The van der Waals surface area contributed by atoms with Crippen molar-refractivity contribution < 1.29 is 9.59 Å². The molecule has 0 spiro atoms. The molecule has 1 N–H and O–H groups in total. The molecule has 1 aliphatic heterocycles. The first-order valence-electron chi connectivity index (χ1n) is 7.75. The van der Waals surface area contributed by atoms with Crippen LogP contribution in [-0.2, 0) is 9.59 Å². The van der Waals surface area contributed by atoms with E-state index in [1.165, 1.54) is 4.90 Å². The lowest BCUT2D eigenvalue weighted by Crippen LogP contribution is -2.28. The van der Waals surface area contributed by atoms with Crippen LogP contribution in [0.1, 0.15) is 17.5 Å². The van der Waals surface area contributed by atoms with Gasteiger partial charge in [0.05, 0.1) is 17.2 Å². The van der Waals surface area contributed by atoms with Gasteiger partial charge in [0.2, 0.25) is 11.8 Å². The van der Waals surface area contributed by atoms with Gasteiger partial charge in [0, 0.05) is 18.7 Å². The van der Waals surface area contributed by atoms with Crippen molar-refractivity contribution in [2.45, 2.75) is 13.3 Å². The van der Waals surface area contributed by atoms with Gasteiger partial charge in [0.1, 0.15) is 6.07 Å². The number of anilines is 2. The zero-order valence-corrected chi connectivity index (χ0v) is 13.3. The van der Waals surface area contributed by atoms with Crippen LogP contribution in [0.25, 0.3) is 0 Å². The highest BCUT2D eigenvalue weighted by molar-refractivity contribution is 6.04. The Morgan fingerprint density at radius 1 is 1.21 bits per heavy atom. The molecule has 3 rings (SSSR count). The highest BCUT2D eigenvalue weighted by atomic mass is 16.2. The van der Waals surface area contributed by atoms with Crippen molar-refractivity contribution >= 4 is 23.2 Å². The van der Waals surface area contributed by atoms with Gasteiger partial charge in [-0.2, -0.15) is 5.26 Å². The predicted molar refractivity (Wildman–Crippen MR) is 91.4 cm³/mol. The van der Waals surface area contributed by atoms with Crippen LogP contribution in [0.4, 0.5) is 11.4 Å². The van der Waals surface area contributed by atoms with E-state index in [4.69, 9.17) is 0 Å². The molecule has 1 heterocycles. The molecule has 1 fully saturated rings. The summed E-state index contributed by atoms with van der Waals surface area (Å²) in [5, 5.41) is 12.0. The van der Waals surface area contributed by atoms with Gasteiger partial charge in [-0.05, 0) is 31.2 Å². The van der Waals surface area contributed by atoms with Gasteiger partial charge >= 0.3 is 0 Å². The molecule has 0 aliphatic carbocycles. The number of para-hydroxylation sites is 1. The lowest BCUT2D eigenvalue weighted by molar-refractivity contribution is -0.122. The van der Waals surface area contributed by atoms with Gasteiger partial charge in [0.25, 0.3) is 0 Å². The molecule has 0 aromatic heterocycles. The van der Waals surface area contributed by atoms with Crippen LogP contribution in [0, 0.1) is 24.2 Å². The van der Waals surface area contributed by atoms with Gasteiger partial charge in [-0.3, -0.25) is 9.59 Å². The van der Waals surface area contributed by atoms with Crippen LogP contribution in [0.3, 0.4) is 0 Å². The molecule has 24 heavy (non-hydrogen) atoms. The summed E-state index contributed by atoms with van der Waals surface area (Å²) in [7, 11) is 0. The number of amides is 2. The average Bonchev–Trinajstić information content (AvgIpc) is 2.98. The normalized spacial score (nSPS) is 16.8. The Hall–Kier alpha value is -3.13. The third-order valence-electron chi connectivity index (χ3n) is 4.13. The van der Waals surface area contributed by atoms with Crippen molar-refractivity contribution in [3.05, 3.63) is 59.7 Å². The quantitative estimate of drug-likeness (QED) is 0.945. The fourth-order valence-corrected chi connectivity index (χ4v) is 2.80. The van der Waals surface area contributed by atoms with Gasteiger partial charge in [-0.1, -0.05) is 29.8 Å². The number of benzene rings is 2. The number of nitrogens with one attached hydrogen (secondary N) is 1. The second-order valence-electron chi connectivity index (χ2n) is 5.89. The molecule has 1 aliphatic rings. The molecule has 5 nitrogen and oxygen atoms in total. The van der Waals surface area contributed by atoms with Crippen molar-refractivity contribution in [3.8, 4) is 6.07 Å². The summed E-state index contributed by atoms with van der Waals surface area (Å²) in [6.07, 6.45) is 0.150. The number of aryl methyl sites for hydroxylation is 1. The maximum absolute atomic E-state index is 12.4. The summed E-state index contributed by atoms with van der Waals surface area (Å²) in [6.45, 7) is 2.26. The molecule has 0 bridgehead atoms. The largest absolute Gasteiger partial charge is 0.326 e. The van der Waals surface area contributed by atoms with E-state index in [1.807, 2.05) is 31.2 Å². The number of rotatable bonds is 3. The van der Waals surface area contributed by atoms with E-state index in [9.17, 15) is 14.9 Å². The van der Waals surface area contributed by atoms with Gasteiger partial charge < -0.3 is 10.2 Å². The summed E-state index contributed by atoms with van der Waals surface area (Å²) in [6, 6.07) is 16.5. The number of nitrogens with zero attached hydrogens (tertiary/aromatic N) is 2. The summed E-state index contributed by atoms with van der Waals surface area (Å²) in [5.74, 6) is -0.739. The van der Waals surface area contributed by atoms with Crippen molar-refractivity contribution in [1.29, 1.82) is 5.26 Å². The van der Waals surface area contributed by atoms with Crippen molar-refractivity contribution in [3.63, 3.8) is 0 Å². The van der Waals surface area contributed by atoms with Crippen LogP contribution >= 0.6 is 0 Å². The molecule has 1 saturated heterocycles. The second kappa shape index (κ2) is 6.55. The van der Waals surface area contributed by atoms with E-state index in [-0.39, 0.29) is 24.8 Å². The number of nitriles is 1. The summed E-state index contributed by atoms with van der Waals surface area (Å²) < 4.78 is 0. The van der Waals surface area contributed by atoms with Crippen LogP contribution in [-0.4, -0.2) is 18.4 Å². The van der Waals surface area contributed by atoms with E-state index >= 15 is 0 Å². The molecule has 2 amide bonds. The van der Waals surface area contributed by atoms with Crippen molar-refractivity contribution in [2.24, 2.45) is 5.92 Å². The Labute approximate surface area is 140 Å². The molecule has 0 saturated carbocycles. The van der Waals surface area contributed by atoms with E-state index in [0.717, 1.165) is 5.56 Å². The van der Waals surface area contributed by atoms with Crippen LogP contribution in [0.5, 0.6) is 0 Å². The number of hydrogen-bond donors (Lipinski definition) is 1. The molecule has 5 heteroatoms. The Balaban J connectivity index is 1.73. The number of carbonyl (C=O) groups is 2. The van der Waals surface area contributed by atoms with E-state index in [1.54, 1.807) is 24.3 Å². The second-order valence-corrected chi connectivity index (χ2v) is 5.89. The minimum Gasteiger partial charge on any atom is -0.326 e. The molecule has 1 atom stereocenters. The Bertz CT molecular complexity index is 821. The zero-order valence-electron chi connectivity index (χ0n) is 13.3. The van der Waals surface area contributed by atoms with Gasteiger partial charge in [-0.25, -0.2) is 0 Å². The first kappa shape index (κ1) is 15.8. The fraction of sp³-hybridized carbons (Fsp3) is 0.211. The smallest absolute Gasteiger partial charge is 0.229 e. The first-order valence-corrected chi connectivity index (χ1v) is 7.75. The van der Waals surface area contributed by atoms with E-state index in [0.29, 0.717) is 16.9 Å². The molecule has 0 radical (unpaired) electrons. The third-order valence-corrected chi connectivity index (χ3v) is 4.13. The van der Waals surface area contributed by atoms with Gasteiger partial charge in [-0.15, -0.1) is 0 Å². The first-order chi connectivity index (χ1) is 11.6. The maximum atomic E-state index is 12.4. The fourth-order valence-electron chi connectivity index (χ4n) is 2.80. The molecular formula is C19H17N3O2. The number of carbonyl (C=O) groups excluding carboxylic acids is 2. The molecular weight excluding hydrogens is 302 g/mol. The van der Waals surface area contributed by atoms with Crippen LogP contribution in [0.15, 0.2) is 48.5 Å². The predicted octanol–water partition coefficient (Wildman–Crippen LogP) is 2.86. The van der Waals surface area contributed by atoms with Crippen LogP contribution in [0.2, 0.25) is 0 Å². The molecule has 2 aromatic carbocycles. The highest BCUT2D eigenvalue weighted by Gasteiger charge is 2.35.